The van der Waals surface area contributed by atoms with Crippen LogP contribution in [0.25, 0.3) is 0 Å². The molecule has 100 valence electrons. The van der Waals surface area contributed by atoms with Crippen LogP contribution in [0, 0.1) is 6.92 Å². The highest BCUT2D eigenvalue weighted by Gasteiger charge is 2.12. The maximum Gasteiger partial charge on any atom is 0.0710 e. The molecule has 0 aliphatic carbocycles. The number of hydrogen-bond acceptors (Lipinski definition) is 3. The van der Waals surface area contributed by atoms with Gasteiger partial charge in [-0.05, 0) is 35.9 Å². The highest BCUT2D eigenvalue weighted by Crippen LogP contribution is 2.25. The molecule has 0 spiro atoms. The Morgan fingerprint density at radius 2 is 1.84 bits per heavy atom. The predicted octanol–water partition coefficient (Wildman–Crippen LogP) is 3.66. The van der Waals surface area contributed by atoms with E-state index in [2.05, 4.69) is 67.8 Å². The summed E-state index contributed by atoms with van der Waals surface area (Å²) in [6.45, 7) is 4.26. The number of nitrogens with one attached hydrogen (secondary N) is 1. The molecule has 0 amide bonds. The largest absolute Gasteiger partial charge is 0.271 e. The first-order chi connectivity index (χ1) is 9.24. The van der Waals surface area contributed by atoms with Crippen molar-refractivity contribution in [1.82, 2.24) is 5.43 Å². The molecule has 19 heavy (non-hydrogen) atoms. The van der Waals surface area contributed by atoms with Crippen molar-refractivity contribution in [3.63, 3.8) is 0 Å². The van der Waals surface area contributed by atoms with Crippen LogP contribution in [-0.4, -0.2) is 5.75 Å². The van der Waals surface area contributed by atoms with Crippen molar-refractivity contribution in [1.29, 1.82) is 0 Å². The molecule has 0 bridgehead atoms. The Morgan fingerprint density at radius 1 is 1.11 bits per heavy atom. The summed E-state index contributed by atoms with van der Waals surface area (Å²) >= 11 is 1.85. The van der Waals surface area contributed by atoms with Gasteiger partial charge in [0.25, 0.3) is 0 Å². The number of hydrazine groups is 1. The second-order valence-corrected chi connectivity index (χ2v) is 5.85. The topological polar surface area (TPSA) is 38.0 Å². The summed E-state index contributed by atoms with van der Waals surface area (Å²) in [7, 11) is 0. The highest BCUT2D eigenvalue weighted by atomic mass is 32.2. The van der Waals surface area contributed by atoms with Crippen LogP contribution in [0.1, 0.15) is 29.7 Å². The molecular weight excluding hydrogens is 252 g/mol. The molecule has 0 aliphatic rings. The van der Waals surface area contributed by atoms with Crippen LogP contribution in [0.15, 0.2) is 53.4 Å². The molecule has 0 aliphatic heterocycles. The van der Waals surface area contributed by atoms with E-state index in [1.54, 1.807) is 0 Å². The van der Waals surface area contributed by atoms with Gasteiger partial charge in [-0.2, -0.15) is 0 Å². The monoisotopic (exact) mass is 272 g/mol. The van der Waals surface area contributed by atoms with Crippen LogP contribution in [0.4, 0.5) is 0 Å². The van der Waals surface area contributed by atoms with Crippen LogP contribution in [0.5, 0.6) is 0 Å². The molecule has 3 heteroatoms. The molecule has 0 saturated heterocycles. The van der Waals surface area contributed by atoms with Crippen molar-refractivity contribution in [2.24, 2.45) is 5.84 Å². The van der Waals surface area contributed by atoms with Crippen LogP contribution in [-0.2, 0) is 0 Å². The quantitative estimate of drug-likeness (QED) is 0.495. The fourth-order valence-electron chi connectivity index (χ4n) is 2.16. The minimum absolute atomic E-state index is 0.0422. The van der Waals surface area contributed by atoms with Gasteiger partial charge in [-0.25, -0.2) is 5.43 Å². The minimum atomic E-state index is 0.0422. The fourth-order valence-corrected chi connectivity index (χ4v) is 2.82. The first-order valence-corrected chi connectivity index (χ1v) is 7.48. The lowest BCUT2D eigenvalue weighted by molar-refractivity contribution is 0.636. The van der Waals surface area contributed by atoms with Gasteiger partial charge in [0.15, 0.2) is 0 Å². The maximum atomic E-state index is 5.73. The first-order valence-electron chi connectivity index (χ1n) is 6.50. The average molecular weight is 272 g/mol. The molecule has 1 unspecified atom stereocenters. The molecule has 0 aromatic heterocycles. The van der Waals surface area contributed by atoms with Gasteiger partial charge in [-0.15, -0.1) is 11.8 Å². The van der Waals surface area contributed by atoms with Gasteiger partial charge in [0.2, 0.25) is 0 Å². The normalized spacial score (nSPS) is 12.4. The third-order valence-electron chi connectivity index (χ3n) is 3.07. The van der Waals surface area contributed by atoms with Crippen LogP contribution >= 0.6 is 11.8 Å². The second kappa shape index (κ2) is 6.75. The van der Waals surface area contributed by atoms with E-state index >= 15 is 0 Å². The molecule has 0 radical (unpaired) electrons. The Morgan fingerprint density at radius 3 is 2.42 bits per heavy atom. The highest BCUT2D eigenvalue weighted by molar-refractivity contribution is 7.99. The van der Waals surface area contributed by atoms with Gasteiger partial charge in [0, 0.05) is 4.90 Å². The summed E-state index contributed by atoms with van der Waals surface area (Å²) in [5.74, 6) is 6.82. The van der Waals surface area contributed by atoms with E-state index in [4.69, 9.17) is 5.84 Å². The van der Waals surface area contributed by atoms with E-state index in [9.17, 15) is 0 Å². The summed E-state index contributed by atoms with van der Waals surface area (Å²) in [5, 5.41) is 0. The summed E-state index contributed by atoms with van der Waals surface area (Å²) in [5.41, 5.74) is 6.53. The zero-order valence-electron chi connectivity index (χ0n) is 11.4. The van der Waals surface area contributed by atoms with Gasteiger partial charge >= 0.3 is 0 Å². The third-order valence-corrected chi connectivity index (χ3v) is 3.96. The minimum Gasteiger partial charge on any atom is -0.271 e. The van der Waals surface area contributed by atoms with E-state index in [0.717, 1.165) is 5.75 Å². The molecule has 3 N–H and O–H groups in total. The van der Waals surface area contributed by atoms with Crippen molar-refractivity contribution in [2.45, 2.75) is 24.8 Å². The molecule has 2 aromatic rings. The third kappa shape index (κ3) is 3.60. The number of thioether (sulfide) groups is 1. The van der Waals surface area contributed by atoms with Gasteiger partial charge in [-0.3, -0.25) is 5.84 Å². The van der Waals surface area contributed by atoms with Gasteiger partial charge in [0.1, 0.15) is 0 Å². The maximum absolute atomic E-state index is 5.73. The van der Waals surface area contributed by atoms with E-state index in [1.807, 2.05) is 11.8 Å². The smallest absolute Gasteiger partial charge is 0.0710 e. The molecule has 0 saturated carbocycles. The lowest BCUT2D eigenvalue weighted by atomic mass is 9.98. The SMILES string of the molecule is CCSc1ccc(C(NN)c2cccc(C)c2)cc1. The number of nitrogens with two attached hydrogens (primary N) is 1. The Balaban J connectivity index is 2.26. The van der Waals surface area contributed by atoms with Crippen molar-refractivity contribution in [2.75, 3.05) is 5.75 Å². The Hall–Kier alpha value is -1.29. The molecule has 1 atom stereocenters. The number of hydrogen-bond donors (Lipinski definition) is 2. The first kappa shape index (κ1) is 14.1. The molecule has 0 heterocycles. The molecule has 0 fully saturated rings. The number of aryl methyl sites for hydroxylation is 1. The summed E-state index contributed by atoms with van der Waals surface area (Å²) in [6, 6.07) is 17.1. The Bertz CT molecular complexity index is 523. The summed E-state index contributed by atoms with van der Waals surface area (Å²) in [4.78, 5) is 1.30. The van der Waals surface area contributed by atoms with Crippen molar-refractivity contribution in [3.05, 3.63) is 65.2 Å². The Kier molecular flexibility index (Phi) is 5.02. The second-order valence-electron chi connectivity index (χ2n) is 4.52. The van der Waals surface area contributed by atoms with Gasteiger partial charge in [-0.1, -0.05) is 48.9 Å². The van der Waals surface area contributed by atoms with E-state index in [0.29, 0.717) is 0 Å². The zero-order chi connectivity index (χ0) is 13.7. The number of rotatable bonds is 5. The van der Waals surface area contributed by atoms with Crippen LogP contribution < -0.4 is 11.3 Å². The molecule has 2 rings (SSSR count). The predicted molar refractivity (Wildman–Crippen MR) is 83.2 cm³/mol. The lowest BCUT2D eigenvalue weighted by Crippen LogP contribution is -2.28. The Labute approximate surface area is 119 Å². The van der Waals surface area contributed by atoms with Gasteiger partial charge in [0.05, 0.1) is 6.04 Å². The van der Waals surface area contributed by atoms with Crippen molar-refractivity contribution in [3.8, 4) is 0 Å². The van der Waals surface area contributed by atoms with Crippen LogP contribution in [0.3, 0.4) is 0 Å². The summed E-state index contributed by atoms with van der Waals surface area (Å²) in [6.07, 6.45) is 0. The van der Waals surface area contributed by atoms with Crippen LogP contribution in [0.2, 0.25) is 0 Å². The molecule has 2 aromatic carbocycles. The molecular formula is C16H20N2S. The van der Waals surface area contributed by atoms with Crippen molar-refractivity contribution < 1.29 is 0 Å². The average Bonchev–Trinajstić information content (AvgIpc) is 2.42. The zero-order valence-corrected chi connectivity index (χ0v) is 12.2. The standard InChI is InChI=1S/C16H20N2S/c1-3-19-15-9-7-13(8-10-15)16(18-17)14-6-4-5-12(2)11-14/h4-11,16,18H,3,17H2,1-2H3. The van der Waals surface area contributed by atoms with Gasteiger partial charge < -0.3 is 0 Å². The molecule has 2 nitrogen and oxygen atoms in total. The number of benzene rings is 2. The van der Waals surface area contributed by atoms with Crippen molar-refractivity contribution >= 4 is 11.8 Å². The van der Waals surface area contributed by atoms with E-state index < -0.39 is 0 Å². The lowest BCUT2D eigenvalue weighted by Gasteiger charge is -2.17. The fraction of sp³-hybridized carbons (Fsp3) is 0.250. The van der Waals surface area contributed by atoms with E-state index in [-0.39, 0.29) is 6.04 Å². The summed E-state index contributed by atoms with van der Waals surface area (Å²) < 4.78 is 0. The van der Waals surface area contributed by atoms with E-state index in [1.165, 1.54) is 21.6 Å².